The molecule has 0 saturated heterocycles. The van der Waals surface area contributed by atoms with E-state index in [2.05, 4.69) is 20.9 Å². The Morgan fingerprint density at radius 2 is 2.06 bits per heavy atom. The lowest BCUT2D eigenvalue weighted by Gasteiger charge is -2.07. The number of hydrogen-bond donors (Lipinski definition) is 0. The molecule has 0 radical (unpaired) electrons. The second kappa shape index (κ2) is 5.32. The minimum Gasteiger partial charge on any atom is -0.486 e. The van der Waals surface area contributed by atoms with Crippen molar-refractivity contribution in [2.75, 3.05) is 0 Å². The van der Waals surface area contributed by atoms with E-state index in [0.717, 1.165) is 15.9 Å². The average Bonchev–Trinajstić information content (AvgIpc) is 2.28. The lowest BCUT2D eigenvalue weighted by molar-refractivity contribution is 0.299. The highest BCUT2D eigenvalue weighted by Gasteiger charge is 2.01. The normalized spacial score (nSPS) is 10.1. The quantitative estimate of drug-likeness (QED) is 0.852. The van der Waals surface area contributed by atoms with Gasteiger partial charge in [-0.15, -0.1) is 0 Å². The molecule has 1 heterocycles. The summed E-state index contributed by atoms with van der Waals surface area (Å²) in [4.78, 5) is 4.16. The van der Waals surface area contributed by atoms with Gasteiger partial charge in [-0.05, 0) is 40.2 Å². The first kappa shape index (κ1) is 11.4. The summed E-state index contributed by atoms with van der Waals surface area (Å²) in [5.74, 6) is 0.796. The maximum absolute atomic E-state index is 5.85. The zero-order valence-corrected chi connectivity index (χ0v) is 10.7. The van der Waals surface area contributed by atoms with E-state index in [4.69, 9.17) is 16.3 Å². The molecule has 0 saturated carbocycles. The molecule has 2 nitrogen and oxygen atoms in total. The van der Waals surface area contributed by atoms with Gasteiger partial charge in [0.15, 0.2) is 0 Å². The van der Waals surface area contributed by atoms with E-state index in [1.165, 1.54) is 0 Å². The third-order valence-corrected chi connectivity index (χ3v) is 2.88. The van der Waals surface area contributed by atoms with Crippen LogP contribution in [-0.4, -0.2) is 4.98 Å². The number of halogens is 2. The first-order valence-electron chi connectivity index (χ1n) is 4.73. The van der Waals surface area contributed by atoms with Gasteiger partial charge in [0, 0.05) is 11.2 Å². The number of rotatable bonds is 3. The van der Waals surface area contributed by atoms with Crippen molar-refractivity contribution >= 4 is 27.5 Å². The van der Waals surface area contributed by atoms with Crippen molar-refractivity contribution < 1.29 is 4.74 Å². The van der Waals surface area contributed by atoms with E-state index in [0.29, 0.717) is 11.6 Å². The number of para-hydroxylation sites is 1. The number of aromatic nitrogens is 1. The smallest absolute Gasteiger partial charge is 0.134 e. The first-order chi connectivity index (χ1) is 7.75. The largest absolute Gasteiger partial charge is 0.486 e. The summed E-state index contributed by atoms with van der Waals surface area (Å²) >= 11 is 9.27. The van der Waals surface area contributed by atoms with Gasteiger partial charge in [0.2, 0.25) is 0 Å². The van der Waals surface area contributed by atoms with Crippen molar-refractivity contribution in [3.63, 3.8) is 0 Å². The summed E-state index contributed by atoms with van der Waals surface area (Å²) in [5.41, 5.74) is 0.809. The molecule has 1 aromatic carbocycles. The maximum atomic E-state index is 5.85. The lowest BCUT2D eigenvalue weighted by Crippen LogP contribution is -1.98. The van der Waals surface area contributed by atoms with Gasteiger partial charge in [0.25, 0.3) is 0 Å². The molecular formula is C12H9BrClNO. The van der Waals surface area contributed by atoms with Gasteiger partial charge in [0.05, 0.1) is 10.2 Å². The summed E-state index contributed by atoms with van der Waals surface area (Å²) in [6, 6.07) is 11.2. The molecule has 2 aromatic rings. The summed E-state index contributed by atoms with van der Waals surface area (Å²) in [5, 5.41) is 0.667. The molecule has 0 atom stereocenters. The van der Waals surface area contributed by atoms with Crippen LogP contribution >= 0.6 is 27.5 Å². The minimum atomic E-state index is 0.406. The Bertz CT molecular complexity index is 490. The van der Waals surface area contributed by atoms with Crippen LogP contribution in [0.25, 0.3) is 0 Å². The highest BCUT2D eigenvalue weighted by Crippen LogP contribution is 2.24. The van der Waals surface area contributed by atoms with Gasteiger partial charge in [-0.3, -0.25) is 4.98 Å². The first-order valence-corrected chi connectivity index (χ1v) is 5.90. The summed E-state index contributed by atoms with van der Waals surface area (Å²) < 4.78 is 6.54. The van der Waals surface area contributed by atoms with Crippen LogP contribution in [0.1, 0.15) is 5.69 Å². The summed E-state index contributed by atoms with van der Waals surface area (Å²) in [6.45, 7) is 0.406. The number of benzene rings is 1. The Hall–Kier alpha value is -1.06. The molecule has 4 heteroatoms. The van der Waals surface area contributed by atoms with Gasteiger partial charge in [-0.25, -0.2) is 0 Å². The van der Waals surface area contributed by atoms with E-state index >= 15 is 0 Å². The van der Waals surface area contributed by atoms with E-state index < -0.39 is 0 Å². The molecule has 0 fully saturated rings. The van der Waals surface area contributed by atoms with Gasteiger partial charge in [-0.2, -0.15) is 0 Å². The lowest BCUT2D eigenvalue weighted by atomic mass is 10.3. The third-order valence-electron chi connectivity index (χ3n) is 1.99. The molecular weight excluding hydrogens is 289 g/mol. The topological polar surface area (TPSA) is 22.1 Å². The molecule has 0 bridgehead atoms. The molecule has 82 valence electrons. The predicted molar refractivity (Wildman–Crippen MR) is 67.7 cm³/mol. The summed E-state index contributed by atoms with van der Waals surface area (Å²) in [7, 11) is 0. The van der Waals surface area contributed by atoms with Crippen molar-refractivity contribution in [1.29, 1.82) is 0 Å². The van der Waals surface area contributed by atoms with Crippen molar-refractivity contribution in [2.24, 2.45) is 0 Å². The Balaban J connectivity index is 2.05. The summed E-state index contributed by atoms with van der Waals surface area (Å²) in [6.07, 6.45) is 1.67. The Labute approximate surface area is 107 Å². The second-order valence-electron chi connectivity index (χ2n) is 3.18. The van der Waals surface area contributed by atoms with Crippen LogP contribution in [0.4, 0.5) is 0 Å². The average molecular weight is 299 g/mol. The fourth-order valence-electron chi connectivity index (χ4n) is 1.24. The fourth-order valence-corrected chi connectivity index (χ4v) is 1.82. The molecule has 0 amide bonds. The minimum absolute atomic E-state index is 0.406. The molecule has 0 aliphatic rings. The Morgan fingerprint density at radius 3 is 2.81 bits per heavy atom. The second-order valence-corrected chi connectivity index (χ2v) is 4.48. The Kier molecular flexibility index (Phi) is 3.80. The maximum Gasteiger partial charge on any atom is 0.134 e. The molecule has 1 aromatic heterocycles. The van der Waals surface area contributed by atoms with Gasteiger partial charge < -0.3 is 4.74 Å². The Morgan fingerprint density at radius 1 is 1.25 bits per heavy atom. The monoisotopic (exact) mass is 297 g/mol. The molecule has 0 N–H and O–H groups in total. The van der Waals surface area contributed by atoms with Crippen molar-refractivity contribution in [2.45, 2.75) is 6.61 Å². The van der Waals surface area contributed by atoms with Crippen molar-refractivity contribution in [3.05, 3.63) is 57.8 Å². The number of ether oxygens (including phenoxy) is 1. The molecule has 0 aliphatic heterocycles. The molecule has 0 unspecified atom stereocenters. The van der Waals surface area contributed by atoms with Gasteiger partial charge in [0.1, 0.15) is 12.4 Å². The van der Waals surface area contributed by atoms with Crippen LogP contribution in [-0.2, 0) is 6.61 Å². The molecule has 2 rings (SSSR count). The highest BCUT2D eigenvalue weighted by atomic mass is 79.9. The van der Waals surface area contributed by atoms with Crippen LogP contribution in [0.15, 0.2) is 47.1 Å². The predicted octanol–water partition coefficient (Wildman–Crippen LogP) is 4.08. The molecule has 0 spiro atoms. The number of nitrogens with zero attached hydrogens (tertiary/aromatic N) is 1. The molecule has 16 heavy (non-hydrogen) atoms. The van der Waals surface area contributed by atoms with E-state index in [1.54, 1.807) is 18.3 Å². The van der Waals surface area contributed by atoms with E-state index in [-0.39, 0.29) is 0 Å². The van der Waals surface area contributed by atoms with Crippen molar-refractivity contribution in [3.8, 4) is 5.75 Å². The SMILES string of the molecule is Clc1ccnc(COc2ccccc2Br)c1. The fraction of sp³-hybridized carbons (Fsp3) is 0.0833. The van der Waals surface area contributed by atoms with Crippen LogP contribution in [0.2, 0.25) is 5.02 Å². The number of pyridine rings is 1. The molecule has 0 aliphatic carbocycles. The van der Waals surface area contributed by atoms with Crippen molar-refractivity contribution in [1.82, 2.24) is 4.98 Å². The zero-order chi connectivity index (χ0) is 11.4. The third kappa shape index (κ3) is 2.97. The van der Waals surface area contributed by atoms with Crippen LogP contribution < -0.4 is 4.74 Å². The number of hydrogen-bond acceptors (Lipinski definition) is 2. The van der Waals surface area contributed by atoms with Crippen LogP contribution in [0.3, 0.4) is 0 Å². The highest BCUT2D eigenvalue weighted by molar-refractivity contribution is 9.10. The standard InChI is InChI=1S/C12H9BrClNO/c13-11-3-1-2-4-12(11)16-8-10-7-9(14)5-6-15-10/h1-7H,8H2. The van der Waals surface area contributed by atoms with Gasteiger partial charge >= 0.3 is 0 Å². The van der Waals surface area contributed by atoms with Gasteiger partial charge in [-0.1, -0.05) is 23.7 Å². The van der Waals surface area contributed by atoms with Crippen LogP contribution in [0.5, 0.6) is 5.75 Å². The van der Waals surface area contributed by atoms with Crippen LogP contribution in [0, 0.1) is 0 Å². The zero-order valence-electron chi connectivity index (χ0n) is 8.36. The van der Waals surface area contributed by atoms with E-state index in [9.17, 15) is 0 Å². The van der Waals surface area contributed by atoms with E-state index in [1.807, 2.05) is 24.3 Å².